The van der Waals surface area contributed by atoms with Crippen molar-refractivity contribution >= 4 is 11.8 Å². The fourth-order valence-corrected chi connectivity index (χ4v) is 2.58. The summed E-state index contributed by atoms with van der Waals surface area (Å²) in [5.74, 6) is 4.30. The van der Waals surface area contributed by atoms with E-state index in [9.17, 15) is 0 Å². The van der Waals surface area contributed by atoms with Crippen molar-refractivity contribution in [3.05, 3.63) is 11.7 Å². The molecule has 1 aromatic rings. The average Bonchev–Trinajstić information content (AvgIpc) is 2.67. The zero-order valence-electron chi connectivity index (χ0n) is 7.40. The van der Waals surface area contributed by atoms with Crippen LogP contribution < -0.4 is 5.73 Å². The van der Waals surface area contributed by atoms with Crippen LogP contribution in [0.1, 0.15) is 30.5 Å². The zero-order chi connectivity index (χ0) is 9.10. The van der Waals surface area contributed by atoms with Gasteiger partial charge >= 0.3 is 0 Å². The lowest BCUT2D eigenvalue weighted by atomic mass is 10.0. The Morgan fingerprint density at radius 1 is 1.46 bits per heavy atom. The van der Waals surface area contributed by atoms with Crippen LogP contribution in [0.4, 0.5) is 0 Å². The van der Waals surface area contributed by atoms with Gasteiger partial charge in [0.15, 0.2) is 5.82 Å². The number of nitrogens with two attached hydrogens (primary N) is 1. The third-order valence-electron chi connectivity index (χ3n) is 2.24. The first-order valence-electron chi connectivity index (χ1n) is 4.50. The van der Waals surface area contributed by atoms with Crippen molar-refractivity contribution in [3.63, 3.8) is 0 Å². The Bertz CT molecular complexity index is 270. The van der Waals surface area contributed by atoms with Crippen molar-refractivity contribution in [1.29, 1.82) is 0 Å². The fraction of sp³-hybridized carbons (Fsp3) is 0.750. The lowest BCUT2D eigenvalue weighted by Crippen LogP contribution is -2.09. The van der Waals surface area contributed by atoms with Crippen molar-refractivity contribution in [2.45, 2.75) is 25.3 Å². The molecule has 0 unspecified atom stereocenters. The summed E-state index contributed by atoms with van der Waals surface area (Å²) in [7, 11) is 0. The fourth-order valence-electron chi connectivity index (χ4n) is 1.47. The number of aromatic nitrogens is 2. The summed E-state index contributed by atoms with van der Waals surface area (Å²) in [5.41, 5.74) is 5.39. The van der Waals surface area contributed by atoms with Crippen LogP contribution in [0.2, 0.25) is 0 Å². The molecule has 0 aliphatic carbocycles. The lowest BCUT2D eigenvalue weighted by Gasteiger charge is -2.17. The smallest absolute Gasteiger partial charge is 0.240 e. The molecule has 1 aromatic heterocycles. The summed E-state index contributed by atoms with van der Waals surface area (Å²) in [5, 5.41) is 3.94. The molecule has 5 heteroatoms. The number of hydrogen-bond acceptors (Lipinski definition) is 5. The second-order valence-corrected chi connectivity index (χ2v) is 4.36. The minimum Gasteiger partial charge on any atom is -0.338 e. The highest BCUT2D eigenvalue weighted by atomic mass is 32.2. The van der Waals surface area contributed by atoms with E-state index in [1.165, 1.54) is 11.5 Å². The molecule has 2 heterocycles. The normalized spacial score (nSPS) is 19.2. The zero-order valence-corrected chi connectivity index (χ0v) is 8.22. The summed E-state index contributed by atoms with van der Waals surface area (Å²) in [6, 6.07) is 0. The molecule has 0 amide bonds. The van der Waals surface area contributed by atoms with Crippen molar-refractivity contribution in [1.82, 2.24) is 10.1 Å². The van der Waals surface area contributed by atoms with Crippen molar-refractivity contribution in [2.75, 3.05) is 11.5 Å². The molecule has 72 valence electrons. The van der Waals surface area contributed by atoms with Crippen LogP contribution in [0.5, 0.6) is 0 Å². The van der Waals surface area contributed by atoms with Crippen LogP contribution in [-0.2, 0) is 6.54 Å². The predicted octanol–water partition coefficient (Wildman–Crippen LogP) is 1.14. The Balaban J connectivity index is 2.05. The van der Waals surface area contributed by atoms with Crippen LogP contribution in [0.3, 0.4) is 0 Å². The molecule has 0 radical (unpaired) electrons. The first kappa shape index (κ1) is 9.02. The molecule has 1 saturated heterocycles. The molecular weight excluding hydrogens is 186 g/mol. The summed E-state index contributed by atoms with van der Waals surface area (Å²) in [6.07, 6.45) is 2.32. The lowest BCUT2D eigenvalue weighted by molar-refractivity contribution is 0.369. The Morgan fingerprint density at radius 3 is 2.85 bits per heavy atom. The summed E-state index contributed by atoms with van der Waals surface area (Å²) < 4.78 is 4.97. The van der Waals surface area contributed by atoms with Crippen LogP contribution in [0.15, 0.2) is 4.52 Å². The highest BCUT2D eigenvalue weighted by Gasteiger charge is 2.20. The number of hydrogen-bond donors (Lipinski definition) is 1. The first-order chi connectivity index (χ1) is 6.40. The van der Waals surface area contributed by atoms with Gasteiger partial charge in [0.25, 0.3) is 0 Å². The monoisotopic (exact) mass is 199 g/mol. The van der Waals surface area contributed by atoms with Crippen LogP contribution >= 0.6 is 11.8 Å². The molecule has 0 bridgehead atoms. The highest BCUT2D eigenvalue weighted by Crippen LogP contribution is 2.29. The van der Waals surface area contributed by atoms with Gasteiger partial charge in [-0.05, 0) is 24.3 Å². The maximum Gasteiger partial charge on any atom is 0.240 e. The van der Waals surface area contributed by atoms with E-state index < -0.39 is 0 Å². The van der Waals surface area contributed by atoms with Crippen molar-refractivity contribution < 1.29 is 4.52 Å². The van der Waals surface area contributed by atoms with E-state index in [0.717, 1.165) is 18.7 Å². The third-order valence-corrected chi connectivity index (χ3v) is 3.29. The van der Waals surface area contributed by atoms with Gasteiger partial charge < -0.3 is 10.3 Å². The molecule has 13 heavy (non-hydrogen) atoms. The highest BCUT2D eigenvalue weighted by molar-refractivity contribution is 7.99. The molecule has 1 aliphatic rings. The standard InChI is InChI=1S/C8H13N3OS/c9-5-7-10-8(11-12-7)6-1-3-13-4-2-6/h6H,1-5,9H2. The molecule has 0 aromatic carbocycles. The van der Waals surface area contributed by atoms with E-state index in [0.29, 0.717) is 18.4 Å². The Morgan fingerprint density at radius 2 is 2.23 bits per heavy atom. The molecule has 2 rings (SSSR count). The topological polar surface area (TPSA) is 64.9 Å². The number of thioether (sulfide) groups is 1. The van der Waals surface area contributed by atoms with E-state index in [1.54, 1.807) is 0 Å². The van der Waals surface area contributed by atoms with Gasteiger partial charge in [-0.25, -0.2) is 0 Å². The van der Waals surface area contributed by atoms with Crippen molar-refractivity contribution in [2.24, 2.45) is 5.73 Å². The second kappa shape index (κ2) is 4.11. The molecule has 0 saturated carbocycles. The SMILES string of the molecule is NCc1nc(C2CCSCC2)no1. The van der Waals surface area contributed by atoms with E-state index >= 15 is 0 Å². The van der Waals surface area contributed by atoms with E-state index in [-0.39, 0.29) is 0 Å². The molecule has 0 atom stereocenters. The van der Waals surface area contributed by atoms with Crippen LogP contribution in [-0.4, -0.2) is 21.6 Å². The molecule has 1 fully saturated rings. The van der Waals surface area contributed by atoms with E-state index in [4.69, 9.17) is 10.3 Å². The predicted molar refractivity (Wildman–Crippen MR) is 51.5 cm³/mol. The van der Waals surface area contributed by atoms with Gasteiger partial charge in [-0.3, -0.25) is 0 Å². The summed E-state index contributed by atoms with van der Waals surface area (Å²) in [6.45, 7) is 0.342. The molecule has 0 spiro atoms. The quantitative estimate of drug-likeness (QED) is 0.773. The summed E-state index contributed by atoms with van der Waals surface area (Å²) in [4.78, 5) is 4.24. The molecule has 2 N–H and O–H groups in total. The van der Waals surface area contributed by atoms with Gasteiger partial charge in [0.1, 0.15) is 0 Å². The average molecular weight is 199 g/mol. The molecule has 4 nitrogen and oxygen atoms in total. The summed E-state index contributed by atoms with van der Waals surface area (Å²) >= 11 is 2.00. The van der Waals surface area contributed by atoms with Gasteiger partial charge in [-0.15, -0.1) is 0 Å². The van der Waals surface area contributed by atoms with Crippen LogP contribution in [0, 0.1) is 0 Å². The van der Waals surface area contributed by atoms with E-state index in [1.807, 2.05) is 11.8 Å². The van der Waals surface area contributed by atoms with Gasteiger partial charge in [0.2, 0.25) is 5.89 Å². The van der Waals surface area contributed by atoms with Gasteiger partial charge in [-0.2, -0.15) is 16.7 Å². The van der Waals surface area contributed by atoms with Gasteiger partial charge in [-0.1, -0.05) is 5.16 Å². The Labute approximate surface area is 81.3 Å². The van der Waals surface area contributed by atoms with E-state index in [2.05, 4.69) is 10.1 Å². The Hall–Kier alpha value is -0.550. The van der Waals surface area contributed by atoms with Gasteiger partial charge in [0.05, 0.1) is 6.54 Å². The largest absolute Gasteiger partial charge is 0.338 e. The number of nitrogens with zero attached hydrogens (tertiary/aromatic N) is 2. The Kier molecular flexibility index (Phi) is 2.85. The van der Waals surface area contributed by atoms with Crippen molar-refractivity contribution in [3.8, 4) is 0 Å². The minimum absolute atomic E-state index is 0.342. The number of rotatable bonds is 2. The second-order valence-electron chi connectivity index (χ2n) is 3.14. The maximum atomic E-state index is 5.39. The first-order valence-corrected chi connectivity index (χ1v) is 5.66. The third kappa shape index (κ3) is 2.03. The molecular formula is C8H13N3OS. The molecule has 1 aliphatic heterocycles. The maximum absolute atomic E-state index is 5.39. The minimum atomic E-state index is 0.342. The van der Waals surface area contributed by atoms with Gasteiger partial charge in [0, 0.05) is 5.92 Å². The van der Waals surface area contributed by atoms with Crippen LogP contribution in [0.25, 0.3) is 0 Å².